The molecule has 17 heavy (non-hydrogen) atoms. The molecule has 1 rings (SSSR count). The number of aliphatic hydroxyl groups excluding tert-OH is 1. The molecular formula is C13H21FN2O. The monoisotopic (exact) mass is 240 g/mol. The van der Waals surface area contributed by atoms with Crippen LogP contribution in [0.25, 0.3) is 0 Å². The lowest BCUT2D eigenvalue weighted by Crippen LogP contribution is -2.43. The molecule has 0 aliphatic heterocycles. The first-order chi connectivity index (χ1) is 8.18. The molecule has 1 aromatic rings. The molecular weight excluding hydrogens is 219 g/mol. The van der Waals surface area contributed by atoms with E-state index in [1.54, 1.807) is 6.07 Å². The molecule has 0 amide bonds. The van der Waals surface area contributed by atoms with Crippen molar-refractivity contribution in [3.8, 4) is 0 Å². The summed E-state index contributed by atoms with van der Waals surface area (Å²) in [7, 11) is 0. The van der Waals surface area contributed by atoms with Crippen LogP contribution in [0.4, 0.5) is 4.39 Å². The lowest BCUT2D eigenvalue weighted by molar-refractivity contribution is 0.200. The van der Waals surface area contributed by atoms with Crippen LogP contribution in [0.15, 0.2) is 18.3 Å². The number of nitrogens with zero attached hydrogens (tertiary/aromatic N) is 1. The third-order valence-corrected chi connectivity index (χ3v) is 3.07. The summed E-state index contributed by atoms with van der Waals surface area (Å²) in [6, 6.07) is 3.11. The fraction of sp³-hybridized carbons (Fsp3) is 0.615. The van der Waals surface area contributed by atoms with Crippen LogP contribution in [-0.4, -0.2) is 23.2 Å². The van der Waals surface area contributed by atoms with Crippen LogP contribution in [0.3, 0.4) is 0 Å². The summed E-state index contributed by atoms with van der Waals surface area (Å²) >= 11 is 0. The quantitative estimate of drug-likeness (QED) is 0.768. The number of rotatable bonds is 7. The van der Waals surface area contributed by atoms with Gasteiger partial charge >= 0.3 is 0 Å². The van der Waals surface area contributed by atoms with Gasteiger partial charge in [-0.05, 0) is 37.9 Å². The fourth-order valence-electron chi connectivity index (χ4n) is 2.00. The van der Waals surface area contributed by atoms with Crippen LogP contribution in [0, 0.1) is 5.82 Å². The molecule has 96 valence electrons. The maximum absolute atomic E-state index is 12.9. The standard InChI is InChI=1S/C13H21FN2O/c1-3-8-16-13(4-2,7-9-17)12-6-5-11(14)10-15-12/h5-6,10,16-17H,3-4,7-9H2,1-2H3. The van der Waals surface area contributed by atoms with E-state index in [1.165, 1.54) is 12.3 Å². The molecule has 0 radical (unpaired) electrons. The zero-order valence-corrected chi connectivity index (χ0v) is 10.5. The van der Waals surface area contributed by atoms with Crippen LogP contribution in [0.1, 0.15) is 38.8 Å². The summed E-state index contributed by atoms with van der Waals surface area (Å²) < 4.78 is 12.9. The molecule has 0 aliphatic rings. The van der Waals surface area contributed by atoms with Gasteiger partial charge in [0, 0.05) is 6.61 Å². The summed E-state index contributed by atoms with van der Waals surface area (Å²) in [4.78, 5) is 4.14. The second-order valence-corrected chi connectivity index (χ2v) is 4.20. The van der Waals surface area contributed by atoms with E-state index in [1.807, 2.05) is 6.92 Å². The molecule has 3 nitrogen and oxygen atoms in total. The lowest BCUT2D eigenvalue weighted by Gasteiger charge is -2.33. The average molecular weight is 240 g/mol. The van der Waals surface area contributed by atoms with E-state index >= 15 is 0 Å². The Balaban J connectivity index is 2.97. The van der Waals surface area contributed by atoms with Crippen molar-refractivity contribution in [3.63, 3.8) is 0 Å². The Morgan fingerprint density at radius 1 is 1.41 bits per heavy atom. The van der Waals surface area contributed by atoms with Gasteiger partial charge < -0.3 is 10.4 Å². The van der Waals surface area contributed by atoms with Crippen LogP contribution >= 0.6 is 0 Å². The molecule has 1 unspecified atom stereocenters. The van der Waals surface area contributed by atoms with E-state index in [0.29, 0.717) is 6.42 Å². The van der Waals surface area contributed by atoms with Gasteiger partial charge in [0.2, 0.25) is 0 Å². The van der Waals surface area contributed by atoms with Gasteiger partial charge in [0.05, 0.1) is 17.4 Å². The third-order valence-electron chi connectivity index (χ3n) is 3.07. The highest BCUT2D eigenvalue weighted by atomic mass is 19.1. The molecule has 0 aromatic carbocycles. The van der Waals surface area contributed by atoms with Crippen LogP contribution < -0.4 is 5.32 Å². The van der Waals surface area contributed by atoms with Crippen molar-refractivity contribution in [1.29, 1.82) is 0 Å². The topological polar surface area (TPSA) is 45.1 Å². The minimum Gasteiger partial charge on any atom is -0.396 e. The van der Waals surface area contributed by atoms with Gasteiger partial charge in [-0.25, -0.2) is 4.39 Å². The van der Waals surface area contributed by atoms with Crippen molar-refractivity contribution in [2.75, 3.05) is 13.2 Å². The highest BCUT2D eigenvalue weighted by Crippen LogP contribution is 2.27. The molecule has 0 bridgehead atoms. The van der Waals surface area contributed by atoms with Crippen LogP contribution in [0.5, 0.6) is 0 Å². The molecule has 0 saturated heterocycles. The SMILES string of the molecule is CCCNC(CC)(CCO)c1ccc(F)cn1. The Hall–Kier alpha value is -1.00. The third kappa shape index (κ3) is 3.48. The Morgan fingerprint density at radius 3 is 2.65 bits per heavy atom. The van der Waals surface area contributed by atoms with Gasteiger partial charge in [0.1, 0.15) is 5.82 Å². The van der Waals surface area contributed by atoms with Crippen molar-refractivity contribution in [2.24, 2.45) is 0 Å². The van der Waals surface area contributed by atoms with Crippen molar-refractivity contribution in [2.45, 2.75) is 38.6 Å². The van der Waals surface area contributed by atoms with E-state index in [0.717, 1.165) is 25.1 Å². The van der Waals surface area contributed by atoms with Crippen molar-refractivity contribution in [1.82, 2.24) is 10.3 Å². The number of aliphatic hydroxyl groups is 1. The predicted molar refractivity (Wildman–Crippen MR) is 66.2 cm³/mol. The number of hydrogen-bond donors (Lipinski definition) is 2. The van der Waals surface area contributed by atoms with E-state index < -0.39 is 0 Å². The van der Waals surface area contributed by atoms with Gasteiger partial charge in [0.15, 0.2) is 0 Å². The summed E-state index contributed by atoms with van der Waals surface area (Å²) in [5.74, 6) is -0.335. The zero-order valence-electron chi connectivity index (χ0n) is 10.5. The molecule has 0 spiro atoms. The van der Waals surface area contributed by atoms with Crippen LogP contribution in [0.2, 0.25) is 0 Å². The number of pyridine rings is 1. The second-order valence-electron chi connectivity index (χ2n) is 4.20. The van der Waals surface area contributed by atoms with Crippen LogP contribution in [-0.2, 0) is 5.54 Å². The lowest BCUT2D eigenvalue weighted by atomic mass is 9.87. The first-order valence-electron chi connectivity index (χ1n) is 6.16. The first kappa shape index (κ1) is 14.1. The minimum atomic E-state index is -0.349. The van der Waals surface area contributed by atoms with Gasteiger partial charge in [-0.1, -0.05) is 13.8 Å². The fourth-order valence-corrected chi connectivity index (χ4v) is 2.00. The number of nitrogens with one attached hydrogen (secondary N) is 1. The predicted octanol–water partition coefficient (Wildman–Crippen LogP) is 2.21. The van der Waals surface area contributed by atoms with E-state index in [-0.39, 0.29) is 18.0 Å². The van der Waals surface area contributed by atoms with Gasteiger partial charge in [-0.15, -0.1) is 0 Å². The van der Waals surface area contributed by atoms with Crippen molar-refractivity contribution in [3.05, 3.63) is 29.8 Å². The summed E-state index contributed by atoms with van der Waals surface area (Å²) in [6.45, 7) is 5.07. The Morgan fingerprint density at radius 2 is 2.18 bits per heavy atom. The van der Waals surface area contributed by atoms with Crippen molar-refractivity contribution < 1.29 is 9.50 Å². The first-order valence-corrected chi connectivity index (χ1v) is 6.16. The highest BCUT2D eigenvalue weighted by molar-refractivity contribution is 5.16. The second kappa shape index (κ2) is 6.67. The van der Waals surface area contributed by atoms with Gasteiger partial charge in [0.25, 0.3) is 0 Å². The maximum Gasteiger partial charge on any atom is 0.141 e. The summed E-state index contributed by atoms with van der Waals surface area (Å²) in [6.07, 6.45) is 3.63. The van der Waals surface area contributed by atoms with E-state index in [9.17, 15) is 9.50 Å². The largest absolute Gasteiger partial charge is 0.396 e. The molecule has 1 atom stereocenters. The number of halogens is 1. The van der Waals surface area contributed by atoms with Crippen molar-refractivity contribution >= 4 is 0 Å². The van der Waals surface area contributed by atoms with Gasteiger partial charge in [-0.3, -0.25) is 4.98 Å². The molecule has 0 fully saturated rings. The molecule has 2 N–H and O–H groups in total. The Labute approximate surface area is 102 Å². The van der Waals surface area contributed by atoms with Gasteiger partial charge in [-0.2, -0.15) is 0 Å². The summed E-state index contributed by atoms with van der Waals surface area (Å²) in [5.41, 5.74) is 0.447. The number of aromatic nitrogens is 1. The zero-order chi connectivity index (χ0) is 12.7. The normalized spacial score (nSPS) is 14.6. The molecule has 0 saturated carbocycles. The van der Waals surface area contributed by atoms with E-state index in [4.69, 9.17) is 0 Å². The average Bonchev–Trinajstić information content (AvgIpc) is 2.36. The summed E-state index contributed by atoms with van der Waals surface area (Å²) in [5, 5.41) is 12.6. The molecule has 4 heteroatoms. The number of hydrogen-bond acceptors (Lipinski definition) is 3. The highest BCUT2D eigenvalue weighted by Gasteiger charge is 2.30. The molecule has 1 aromatic heterocycles. The molecule has 0 aliphatic carbocycles. The smallest absolute Gasteiger partial charge is 0.141 e. The van der Waals surface area contributed by atoms with E-state index in [2.05, 4.69) is 17.2 Å². The maximum atomic E-state index is 12.9. The Bertz CT molecular complexity index is 329. The Kier molecular flexibility index (Phi) is 5.51. The minimum absolute atomic E-state index is 0.0869. The molecule has 1 heterocycles.